The number of rotatable bonds is 2. The molecule has 1 aliphatic carbocycles. The third kappa shape index (κ3) is 3.17. The van der Waals surface area contributed by atoms with Crippen LogP contribution in [0.3, 0.4) is 0 Å². The van der Waals surface area contributed by atoms with Gasteiger partial charge < -0.3 is 11.1 Å². The number of halogens is 1. The second-order valence-corrected chi connectivity index (χ2v) is 6.00. The molecule has 2 atom stereocenters. The highest BCUT2D eigenvalue weighted by atomic mass is 35.5. The Morgan fingerprint density at radius 1 is 1.37 bits per heavy atom. The van der Waals surface area contributed by atoms with Crippen LogP contribution in [0.15, 0.2) is 36.4 Å². The fraction of sp³-hybridized carbons (Fsp3) is 0.333. The summed E-state index contributed by atoms with van der Waals surface area (Å²) in [4.78, 5) is 11.5. The lowest BCUT2D eigenvalue weighted by molar-refractivity contribution is 0.0915. The van der Waals surface area contributed by atoms with E-state index >= 15 is 0 Å². The van der Waals surface area contributed by atoms with E-state index in [9.17, 15) is 4.79 Å². The number of benzene rings is 1. The highest BCUT2D eigenvalue weighted by Gasteiger charge is 2.39. The maximum atomic E-state index is 12.1. The first-order valence-corrected chi connectivity index (χ1v) is 6.50. The van der Waals surface area contributed by atoms with Crippen LogP contribution in [0.4, 0.5) is 0 Å². The second-order valence-electron chi connectivity index (χ2n) is 5.22. The third-order valence-corrected chi connectivity index (χ3v) is 3.61. The van der Waals surface area contributed by atoms with Crippen molar-refractivity contribution in [1.29, 1.82) is 0 Å². The van der Waals surface area contributed by atoms with E-state index in [1.54, 1.807) is 18.2 Å². The molecular formula is C15H17ClN2O. The zero-order valence-corrected chi connectivity index (χ0v) is 11.8. The summed E-state index contributed by atoms with van der Waals surface area (Å²) in [7, 11) is 0. The Morgan fingerprint density at radius 2 is 2.00 bits per heavy atom. The molecule has 0 aliphatic heterocycles. The molecule has 3 N–H and O–H groups in total. The molecular weight excluding hydrogens is 260 g/mol. The van der Waals surface area contributed by atoms with Crippen molar-refractivity contribution in [3.63, 3.8) is 0 Å². The lowest BCUT2D eigenvalue weighted by Crippen LogP contribution is -2.52. The highest BCUT2D eigenvalue weighted by molar-refractivity contribution is 6.26. The first-order chi connectivity index (χ1) is 8.82. The molecule has 0 aromatic heterocycles. The molecule has 1 aromatic rings. The van der Waals surface area contributed by atoms with Gasteiger partial charge in [0.25, 0.3) is 5.91 Å². The van der Waals surface area contributed by atoms with Gasteiger partial charge in [0.2, 0.25) is 0 Å². The van der Waals surface area contributed by atoms with E-state index in [4.69, 9.17) is 17.3 Å². The Morgan fingerprint density at radius 3 is 2.58 bits per heavy atom. The lowest BCUT2D eigenvalue weighted by atomic mass is 9.80. The number of amides is 1. The second kappa shape index (κ2) is 4.99. The Hall–Kier alpha value is -1.32. The summed E-state index contributed by atoms with van der Waals surface area (Å²) in [6, 6.07) is 9.69. The van der Waals surface area contributed by atoms with Crippen LogP contribution < -0.4 is 11.1 Å². The number of hydrogen-bond acceptors (Lipinski definition) is 2. The van der Waals surface area contributed by atoms with Crippen molar-refractivity contribution < 1.29 is 4.79 Å². The average molecular weight is 277 g/mol. The van der Waals surface area contributed by atoms with Crippen LogP contribution in [-0.4, -0.2) is 16.3 Å². The molecule has 100 valence electrons. The molecule has 2 unspecified atom stereocenters. The van der Waals surface area contributed by atoms with Crippen LogP contribution >= 0.6 is 11.6 Å². The largest absolute Gasteiger partial charge is 0.343 e. The minimum absolute atomic E-state index is 0.144. The average Bonchev–Trinajstić information content (AvgIpc) is 2.36. The number of alkyl halides is 1. The summed E-state index contributed by atoms with van der Waals surface area (Å²) in [5.74, 6) is -0.144. The number of carbonyl (C=O) groups excluding carboxylic acids is 1. The van der Waals surface area contributed by atoms with Gasteiger partial charge in [-0.2, -0.15) is 0 Å². The summed E-state index contributed by atoms with van der Waals surface area (Å²) in [6.07, 6.45) is 5.31. The van der Waals surface area contributed by atoms with Crippen molar-refractivity contribution in [1.82, 2.24) is 5.32 Å². The highest BCUT2D eigenvalue weighted by Crippen LogP contribution is 2.36. The summed E-state index contributed by atoms with van der Waals surface area (Å²) >= 11 is 6.21. The molecule has 19 heavy (non-hydrogen) atoms. The zero-order valence-electron chi connectivity index (χ0n) is 11.0. The molecule has 4 heteroatoms. The fourth-order valence-electron chi connectivity index (χ4n) is 1.98. The topological polar surface area (TPSA) is 55.1 Å². The van der Waals surface area contributed by atoms with Gasteiger partial charge in [-0.25, -0.2) is 0 Å². The van der Waals surface area contributed by atoms with Gasteiger partial charge in [-0.15, -0.1) is 11.6 Å². The molecule has 1 amide bonds. The van der Waals surface area contributed by atoms with Gasteiger partial charge in [-0.3, -0.25) is 4.79 Å². The van der Waals surface area contributed by atoms with E-state index < -0.39 is 10.4 Å². The maximum Gasteiger partial charge on any atom is 0.251 e. The predicted octanol–water partition coefficient (Wildman–Crippen LogP) is 2.43. The molecule has 0 heterocycles. The SMILES string of the molecule is CC1(NC(=O)c2ccccc2)[C]=CC(C)(Cl)[C](N)C1. The van der Waals surface area contributed by atoms with Crippen LogP contribution in [0, 0.1) is 12.1 Å². The fourth-order valence-corrected chi connectivity index (χ4v) is 2.11. The minimum atomic E-state index is -0.684. The first kappa shape index (κ1) is 14.1. The Bertz CT molecular complexity index is 498. The first-order valence-electron chi connectivity index (χ1n) is 6.13. The van der Waals surface area contributed by atoms with Gasteiger partial charge in [-0.1, -0.05) is 24.3 Å². The summed E-state index contributed by atoms with van der Waals surface area (Å²) in [5.41, 5.74) is 5.96. The van der Waals surface area contributed by atoms with E-state index in [1.807, 2.05) is 32.0 Å². The van der Waals surface area contributed by atoms with Crippen LogP contribution in [0.5, 0.6) is 0 Å². The van der Waals surface area contributed by atoms with Gasteiger partial charge in [0.15, 0.2) is 0 Å². The number of nitrogens with one attached hydrogen (secondary N) is 1. The number of nitrogens with two attached hydrogens (primary N) is 1. The van der Waals surface area contributed by atoms with Crippen molar-refractivity contribution >= 4 is 17.5 Å². The molecule has 3 nitrogen and oxygen atoms in total. The van der Waals surface area contributed by atoms with E-state index in [2.05, 4.69) is 11.4 Å². The molecule has 0 spiro atoms. The van der Waals surface area contributed by atoms with Crippen LogP contribution in [0.1, 0.15) is 30.6 Å². The lowest BCUT2D eigenvalue weighted by Gasteiger charge is -2.38. The third-order valence-electron chi connectivity index (χ3n) is 3.26. The molecule has 0 saturated carbocycles. The number of hydrogen-bond donors (Lipinski definition) is 2. The van der Waals surface area contributed by atoms with Crippen molar-refractivity contribution in [3.8, 4) is 0 Å². The number of carbonyl (C=O) groups is 1. The maximum absolute atomic E-state index is 12.1. The van der Waals surface area contributed by atoms with Gasteiger partial charge >= 0.3 is 0 Å². The summed E-state index contributed by atoms with van der Waals surface area (Å²) in [6.45, 7) is 3.69. The van der Waals surface area contributed by atoms with Crippen molar-refractivity contribution in [3.05, 3.63) is 54.1 Å². The molecule has 0 saturated heterocycles. The van der Waals surface area contributed by atoms with E-state index in [-0.39, 0.29) is 5.91 Å². The molecule has 2 rings (SSSR count). The molecule has 1 aliphatic rings. The van der Waals surface area contributed by atoms with Crippen LogP contribution in [-0.2, 0) is 0 Å². The predicted molar refractivity (Wildman–Crippen MR) is 76.4 cm³/mol. The molecule has 1 aromatic carbocycles. The molecule has 0 fully saturated rings. The van der Waals surface area contributed by atoms with Crippen molar-refractivity contribution in [2.45, 2.75) is 30.7 Å². The minimum Gasteiger partial charge on any atom is -0.343 e. The van der Waals surface area contributed by atoms with Crippen LogP contribution in [0.25, 0.3) is 0 Å². The zero-order chi connectivity index (χ0) is 14.1. The monoisotopic (exact) mass is 276 g/mol. The van der Waals surface area contributed by atoms with E-state index in [0.717, 1.165) is 0 Å². The quantitative estimate of drug-likeness (QED) is 0.815. The normalized spacial score (nSPS) is 31.2. The van der Waals surface area contributed by atoms with E-state index in [1.165, 1.54) is 0 Å². The Balaban J connectivity index is 2.13. The van der Waals surface area contributed by atoms with Gasteiger partial charge in [0, 0.05) is 5.56 Å². The standard InChI is InChI=1S/C15H17ClN2O/c1-14(8-9-15(2,16)12(17)10-14)18-13(19)11-6-4-3-5-7-11/h3-7,9H,10,17H2,1-2H3,(H,18,19). The Labute approximate surface area is 118 Å². The van der Waals surface area contributed by atoms with Crippen LogP contribution in [0.2, 0.25) is 0 Å². The Kier molecular flexibility index (Phi) is 3.70. The van der Waals surface area contributed by atoms with E-state index in [0.29, 0.717) is 18.0 Å². The summed E-state index contributed by atoms with van der Waals surface area (Å²) in [5, 5.41) is 2.94. The van der Waals surface area contributed by atoms with Gasteiger partial charge in [0.1, 0.15) is 0 Å². The van der Waals surface area contributed by atoms with Crippen molar-refractivity contribution in [2.24, 2.45) is 5.73 Å². The molecule has 2 radical (unpaired) electrons. The van der Waals surface area contributed by atoms with Gasteiger partial charge in [0.05, 0.1) is 16.5 Å². The summed E-state index contributed by atoms with van der Waals surface area (Å²) < 4.78 is 0. The van der Waals surface area contributed by atoms with Crippen molar-refractivity contribution in [2.75, 3.05) is 0 Å². The molecule has 0 bridgehead atoms. The smallest absolute Gasteiger partial charge is 0.251 e. The van der Waals surface area contributed by atoms with Gasteiger partial charge in [-0.05, 0) is 38.5 Å².